The third-order valence-corrected chi connectivity index (χ3v) is 38.9. The van der Waals surface area contributed by atoms with Gasteiger partial charge in [0, 0.05) is 102 Å². The van der Waals surface area contributed by atoms with Crippen LogP contribution in [0, 0.1) is 0 Å². The summed E-state index contributed by atoms with van der Waals surface area (Å²) in [4.78, 5) is 29.1. The van der Waals surface area contributed by atoms with Crippen molar-refractivity contribution < 1.29 is 0 Å². The summed E-state index contributed by atoms with van der Waals surface area (Å²) in [5.74, 6) is 0. The zero-order valence-electron chi connectivity index (χ0n) is 67.4. The van der Waals surface area contributed by atoms with E-state index in [1.165, 1.54) is 139 Å². The predicted octanol–water partition coefficient (Wildman–Crippen LogP) is 19.3. The molecule has 0 saturated heterocycles. The summed E-state index contributed by atoms with van der Waals surface area (Å²) in [6, 6.07) is 163. The molecule has 0 atom stereocenters. The molecule has 0 saturated carbocycles. The summed E-state index contributed by atoms with van der Waals surface area (Å²) in [5.41, 5.74) is 8.01. The Bertz CT molecular complexity index is 7490. The predicted molar refractivity (Wildman–Crippen MR) is 525 cm³/mol. The second-order valence-electron chi connectivity index (χ2n) is 31.4. The molecule has 0 N–H and O–H groups in total. The highest BCUT2D eigenvalue weighted by Crippen LogP contribution is 2.39. The van der Waals surface area contributed by atoms with Crippen LogP contribution in [0.5, 0.6) is 0 Å². The van der Waals surface area contributed by atoms with E-state index in [1.807, 2.05) is 61.4 Å². The van der Waals surface area contributed by atoms with Crippen LogP contribution >= 0.6 is 0 Å². The first-order valence-corrected chi connectivity index (χ1v) is 47.9. The van der Waals surface area contributed by atoms with Gasteiger partial charge < -0.3 is 0 Å². The quantitative estimate of drug-likeness (QED) is 0.0613. The number of hydrogen-bond donors (Lipinski definition) is 0. The SMILES string of the molecule is c1ccc([Si](c2ccccc2)(c2ccccc2)c2ccc(-c3cccc4c3ccc3cnc5ccccc5c34)cc2)cc1.c1ccc([Si](c2ccccc2)(c2ccccc2)c2cccc(-c3cccc4c3ccc3cnc5ccccc5c34)c2)cc1.c1ccc([Si](c2ccccn2)(c2ccccn2)c2cccc3c2ccc2cnc4ccccc4c23)nc1. The second kappa shape index (κ2) is 32.7. The Balaban J connectivity index is 0.000000114. The molecule has 578 valence electrons. The second-order valence-corrected chi connectivity index (χ2v) is 42.6. The Labute approximate surface area is 717 Å². The summed E-state index contributed by atoms with van der Waals surface area (Å²) in [5, 5.41) is 33.5. The summed E-state index contributed by atoms with van der Waals surface area (Å²) in [7, 11) is -8.14. The van der Waals surface area contributed by atoms with E-state index in [0.29, 0.717) is 0 Å². The van der Waals surface area contributed by atoms with Crippen molar-refractivity contribution >= 4 is 184 Å². The molecule has 9 heteroatoms. The van der Waals surface area contributed by atoms with Crippen LogP contribution in [0.4, 0.5) is 0 Å². The van der Waals surface area contributed by atoms with Crippen molar-refractivity contribution in [1.82, 2.24) is 29.9 Å². The Hall–Kier alpha value is -15.4. The molecule has 0 aliphatic heterocycles. The first-order valence-electron chi connectivity index (χ1n) is 41.9. The third-order valence-electron chi connectivity index (χ3n) is 24.9. The molecule has 6 aromatic heterocycles. The van der Waals surface area contributed by atoms with Gasteiger partial charge in [-0.05, 0) is 156 Å². The van der Waals surface area contributed by atoms with E-state index in [2.05, 4.69) is 425 Å². The van der Waals surface area contributed by atoms with E-state index >= 15 is 0 Å². The molecule has 6 heterocycles. The van der Waals surface area contributed by atoms with Gasteiger partial charge in [-0.1, -0.05) is 394 Å². The lowest BCUT2D eigenvalue weighted by atomic mass is 9.94. The van der Waals surface area contributed by atoms with Crippen LogP contribution in [0.3, 0.4) is 0 Å². The van der Waals surface area contributed by atoms with Crippen molar-refractivity contribution in [3.8, 4) is 22.3 Å². The standard InChI is InChI=1S/2C41H29NSi.C32H22N4Si/c1-4-15-32(16-5-1)43(33-17-6-2-7-18-33,34-19-8-3-9-20-34)35-21-12-14-30(28-35)36-23-13-24-38-37(36)27-26-31-29-42-40-25-11-10-22-39(40)41(31)38;1-4-13-32(14-5-1)43(33-15-6-2-7-16-33,34-17-8-3-9-18-34)35-26-23-30(24-27-35)36-20-12-21-38-37(36)28-25-31-29-42-40-22-11-10-19-39(40)41(31)38;1-2-12-27-26(10-1)32-23(22-36-27)17-18-24-25(32)11-9-13-28(24)37(29-14-3-6-19-33-29,30-15-4-7-20-34-30)31-16-5-8-21-35-31/h2*1-29H;1-22H. The van der Waals surface area contributed by atoms with Crippen molar-refractivity contribution in [2.24, 2.45) is 0 Å². The van der Waals surface area contributed by atoms with Crippen molar-refractivity contribution in [2.75, 3.05) is 0 Å². The summed E-state index contributed by atoms with van der Waals surface area (Å²) in [6.45, 7) is 0. The highest BCUT2D eigenvalue weighted by molar-refractivity contribution is 7.21. The maximum absolute atomic E-state index is 4.97. The van der Waals surface area contributed by atoms with Crippen LogP contribution in [0.2, 0.25) is 0 Å². The highest BCUT2D eigenvalue weighted by atomic mass is 28.3. The molecular formula is C114H80N6Si3. The van der Waals surface area contributed by atoms with Gasteiger partial charge in [0.05, 0.1) is 16.6 Å². The number of fused-ring (bicyclic) bond motifs is 15. The molecule has 0 aliphatic rings. The Morgan fingerprint density at radius 3 is 0.829 bits per heavy atom. The van der Waals surface area contributed by atoms with E-state index in [9.17, 15) is 0 Å². The van der Waals surface area contributed by atoms with Gasteiger partial charge in [0.1, 0.15) is 0 Å². The lowest BCUT2D eigenvalue weighted by Crippen LogP contribution is -2.77. The number of para-hydroxylation sites is 3. The van der Waals surface area contributed by atoms with Gasteiger partial charge in [-0.15, -0.1) is 0 Å². The van der Waals surface area contributed by atoms with Crippen LogP contribution in [-0.4, -0.2) is 54.1 Å². The van der Waals surface area contributed by atoms with Crippen molar-refractivity contribution in [3.63, 3.8) is 0 Å². The van der Waals surface area contributed by atoms with Crippen molar-refractivity contribution in [2.45, 2.75) is 0 Å². The molecule has 0 spiro atoms. The molecule has 0 radical (unpaired) electrons. The minimum atomic E-state index is -2.97. The maximum atomic E-state index is 4.97. The number of pyridine rings is 6. The normalized spacial score (nSPS) is 11.7. The van der Waals surface area contributed by atoms with E-state index in [4.69, 9.17) is 29.9 Å². The zero-order valence-corrected chi connectivity index (χ0v) is 70.4. The van der Waals surface area contributed by atoms with E-state index in [1.54, 1.807) is 0 Å². The number of nitrogens with zero attached hydrogens (tertiary/aromatic N) is 6. The first kappa shape index (κ1) is 75.1. The molecule has 23 aromatic rings. The topological polar surface area (TPSA) is 77.3 Å². The molecule has 0 bridgehead atoms. The Kier molecular flexibility index (Phi) is 20.0. The average molecular weight is 1620 g/mol. The van der Waals surface area contributed by atoms with Gasteiger partial charge in [0.2, 0.25) is 8.07 Å². The minimum absolute atomic E-state index is 0.996. The fourth-order valence-electron chi connectivity index (χ4n) is 19.5. The van der Waals surface area contributed by atoms with E-state index in [0.717, 1.165) is 43.3 Å². The molecule has 0 unspecified atom stereocenters. The van der Waals surface area contributed by atoms with Gasteiger partial charge in [0.15, 0.2) is 16.1 Å². The molecule has 0 aliphatic carbocycles. The van der Waals surface area contributed by atoms with E-state index < -0.39 is 24.2 Å². The lowest BCUT2D eigenvalue weighted by Gasteiger charge is -2.34. The lowest BCUT2D eigenvalue weighted by molar-refractivity contribution is 1.32. The monoisotopic (exact) mass is 1620 g/mol. The summed E-state index contributed by atoms with van der Waals surface area (Å²) < 4.78 is 0. The van der Waals surface area contributed by atoms with Crippen LogP contribution in [-0.2, 0) is 0 Å². The molecule has 23 rings (SSSR count). The van der Waals surface area contributed by atoms with Gasteiger partial charge >= 0.3 is 0 Å². The highest BCUT2D eigenvalue weighted by Gasteiger charge is 2.48. The minimum Gasteiger partial charge on any atom is -0.265 e. The fourth-order valence-corrected chi connectivity index (χ4v) is 33.5. The van der Waals surface area contributed by atoms with Gasteiger partial charge in [0.25, 0.3) is 0 Å². The molecule has 0 fully saturated rings. The van der Waals surface area contributed by atoms with Crippen LogP contribution in [0.15, 0.2) is 486 Å². The van der Waals surface area contributed by atoms with Gasteiger partial charge in [-0.25, -0.2) is 0 Å². The molecule has 0 amide bonds. The first-order chi connectivity index (χ1) is 61.0. The van der Waals surface area contributed by atoms with Crippen LogP contribution in [0.1, 0.15) is 0 Å². The van der Waals surface area contributed by atoms with Crippen molar-refractivity contribution in [3.05, 3.63) is 486 Å². The Morgan fingerprint density at radius 1 is 0.163 bits per heavy atom. The van der Waals surface area contributed by atoms with Gasteiger partial charge in [-0.3, -0.25) is 29.9 Å². The smallest absolute Gasteiger partial charge is 0.244 e. The summed E-state index contributed by atoms with van der Waals surface area (Å²) >= 11 is 0. The van der Waals surface area contributed by atoms with Crippen molar-refractivity contribution in [1.29, 1.82) is 0 Å². The maximum Gasteiger partial charge on any atom is 0.244 e. The van der Waals surface area contributed by atoms with Crippen LogP contribution < -0.4 is 62.6 Å². The largest absolute Gasteiger partial charge is 0.265 e. The zero-order chi connectivity index (χ0) is 81.9. The fraction of sp³-hybridized carbons (Fsp3) is 0. The Morgan fingerprint density at radius 2 is 0.455 bits per heavy atom. The third kappa shape index (κ3) is 13.2. The van der Waals surface area contributed by atoms with Gasteiger partial charge in [-0.2, -0.15) is 0 Å². The van der Waals surface area contributed by atoms with Crippen LogP contribution in [0.25, 0.3) is 120 Å². The molecule has 17 aromatic carbocycles. The average Bonchev–Trinajstić information content (AvgIpc) is 0.717. The van der Waals surface area contributed by atoms with E-state index in [-0.39, 0.29) is 0 Å². The molecule has 123 heavy (non-hydrogen) atoms. The number of aromatic nitrogens is 6. The number of rotatable bonds is 14. The molecular weight excluding hydrogens is 1540 g/mol. The molecule has 6 nitrogen and oxygen atoms in total. The summed E-state index contributed by atoms with van der Waals surface area (Å²) in [6.07, 6.45) is 11.6. The number of benzene rings is 17. The number of hydrogen-bond acceptors (Lipinski definition) is 6.